The summed E-state index contributed by atoms with van der Waals surface area (Å²) < 4.78 is 5.89. The van der Waals surface area contributed by atoms with Crippen molar-refractivity contribution in [2.75, 3.05) is 27.2 Å². The Kier molecular flexibility index (Phi) is 7.26. The van der Waals surface area contributed by atoms with Crippen LogP contribution < -0.4 is 4.74 Å². The first-order chi connectivity index (χ1) is 14.1. The van der Waals surface area contributed by atoms with E-state index in [4.69, 9.17) is 4.74 Å². The summed E-state index contributed by atoms with van der Waals surface area (Å²) in [5.41, 5.74) is 7.66. The predicted molar refractivity (Wildman–Crippen MR) is 124 cm³/mol. The van der Waals surface area contributed by atoms with Gasteiger partial charge in [0.1, 0.15) is 12.4 Å². The van der Waals surface area contributed by atoms with Crippen LogP contribution >= 0.6 is 0 Å². The van der Waals surface area contributed by atoms with Crippen molar-refractivity contribution in [2.45, 2.75) is 20.3 Å². The van der Waals surface area contributed by atoms with Crippen LogP contribution in [0.15, 0.2) is 78.9 Å². The first-order valence-corrected chi connectivity index (χ1v) is 10.3. The summed E-state index contributed by atoms with van der Waals surface area (Å²) in [6, 6.07) is 28.0. The molecular weight excluding hydrogens is 354 g/mol. The zero-order valence-electron chi connectivity index (χ0n) is 18.0. The molecule has 0 N–H and O–H groups in total. The predicted octanol–water partition coefficient (Wildman–Crippen LogP) is 6.30. The number of hydrogen-bond acceptors (Lipinski definition) is 2. The number of rotatable bonds is 8. The summed E-state index contributed by atoms with van der Waals surface area (Å²) in [6.07, 6.45) is 0.967. The largest absolute Gasteiger partial charge is 0.492 e. The van der Waals surface area contributed by atoms with E-state index in [0.717, 1.165) is 18.7 Å². The van der Waals surface area contributed by atoms with E-state index in [2.05, 4.69) is 112 Å². The average Bonchev–Trinajstić information content (AvgIpc) is 2.74. The Morgan fingerprint density at radius 3 is 1.90 bits per heavy atom. The number of benzene rings is 3. The van der Waals surface area contributed by atoms with Crippen molar-refractivity contribution >= 4 is 11.1 Å². The highest BCUT2D eigenvalue weighted by Crippen LogP contribution is 2.35. The lowest BCUT2D eigenvalue weighted by Crippen LogP contribution is -2.19. The van der Waals surface area contributed by atoms with Crippen molar-refractivity contribution in [2.24, 2.45) is 0 Å². The van der Waals surface area contributed by atoms with E-state index in [1.54, 1.807) is 0 Å². The third-order valence-electron chi connectivity index (χ3n) is 5.07. The Morgan fingerprint density at radius 2 is 1.34 bits per heavy atom. The van der Waals surface area contributed by atoms with E-state index >= 15 is 0 Å². The van der Waals surface area contributed by atoms with E-state index in [1.807, 2.05) is 0 Å². The van der Waals surface area contributed by atoms with Crippen molar-refractivity contribution in [1.82, 2.24) is 4.90 Å². The minimum absolute atomic E-state index is 0.692. The molecule has 0 spiro atoms. The van der Waals surface area contributed by atoms with Gasteiger partial charge in [-0.2, -0.15) is 0 Å². The SMILES string of the molecule is CCC(=C(c1ccc(C)cc1)c1ccc(OCCN(C)C)cc1)c1ccccc1. The molecule has 2 heteroatoms. The van der Waals surface area contributed by atoms with Gasteiger partial charge in [0.05, 0.1) is 0 Å². The second kappa shape index (κ2) is 10.1. The number of hydrogen-bond donors (Lipinski definition) is 0. The fourth-order valence-corrected chi connectivity index (χ4v) is 3.46. The smallest absolute Gasteiger partial charge is 0.119 e. The van der Waals surface area contributed by atoms with Crippen molar-refractivity contribution in [3.63, 3.8) is 0 Å². The first kappa shape index (κ1) is 20.9. The van der Waals surface area contributed by atoms with Crippen LogP contribution in [0.1, 0.15) is 35.6 Å². The van der Waals surface area contributed by atoms with E-state index < -0.39 is 0 Å². The highest BCUT2D eigenvalue weighted by Gasteiger charge is 2.13. The molecule has 0 atom stereocenters. The van der Waals surface area contributed by atoms with E-state index in [0.29, 0.717) is 6.61 Å². The third-order valence-corrected chi connectivity index (χ3v) is 5.07. The molecule has 0 heterocycles. The van der Waals surface area contributed by atoms with Crippen LogP contribution in [0.5, 0.6) is 5.75 Å². The third kappa shape index (κ3) is 5.58. The maximum absolute atomic E-state index is 5.89. The molecule has 0 aliphatic carbocycles. The Balaban J connectivity index is 2.02. The number of nitrogens with zero attached hydrogens (tertiary/aromatic N) is 1. The minimum Gasteiger partial charge on any atom is -0.492 e. The standard InChI is InChI=1S/C27H31NO/c1-5-26(22-9-7-6-8-10-22)27(23-13-11-21(2)12-14-23)24-15-17-25(18-16-24)29-20-19-28(3)4/h6-18H,5,19-20H2,1-4H3. The van der Waals surface area contributed by atoms with Crippen LogP contribution in [-0.2, 0) is 0 Å². The summed E-state index contributed by atoms with van der Waals surface area (Å²) in [5.74, 6) is 0.914. The van der Waals surface area contributed by atoms with E-state index in [1.165, 1.54) is 33.4 Å². The zero-order chi connectivity index (χ0) is 20.6. The van der Waals surface area contributed by atoms with Crippen LogP contribution in [0, 0.1) is 6.92 Å². The van der Waals surface area contributed by atoms with Gasteiger partial charge in [-0.1, -0.05) is 79.2 Å². The molecule has 0 aliphatic heterocycles. The monoisotopic (exact) mass is 385 g/mol. The lowest BCUT2D eigenvalue weighted by Gasteiger charge is -2.17. The molecule has 0 amide bonds. The normalized spacial score (nSPS) is 12.0. The molecule has 0 saturated carbocycles. The first-order valence-electron chi connectivity index (χ1n) is 10.3. The van der Waals surface area contributed by atoms with Crippen molar-refractivity contribution in [3.05, 3.63) is 101 Å². The van der Waals surface area contributed by atoms with Gasteiger partial charge in [-0.15, -0.1) is 0 Å². The van der Waals surface area contributed by atoms with Crippen molar-refractivity contribution in [3.8, 4) is 5.75 Å². The maximum atomic E-state index is 5.89. The van der Waals surface area contributed by atoms with Gasteiger partial charge in [0, 0.05) is 6.54 Å². The van der Waals surface area contributed by atoms with Crippen molar-refractivity contribution in [1.29, 1.82) is 0 Å². The summed E-state index contributed by atoms with van der Waals surface area (Å²) >= 11 is 0. The molecule has 3 aromatic rings. The maximum Gasteiger partial charge on any atom is 0.119 e. The minimum atomic E-state index is 0.692. The molecule has 0 radical (unpaired) electrons. The molecule has 0 aromatic heterocycles. The van der Waals surface area contributed by atoms with E-state index in [-0.39, 0.29) is 0 Å². The number of likely N-dealkylation sites (N-methyl/N-ethyl adjacent to an activating group) is 1. The van der Waals surface area contributed by atoms with E-state index in [9.17, 15) is 0 Å². The van der Waals surface area contributed by atoms with Gasteiger partial charge in [0.15, 0.2) is 0 Å². The van der Waals surface area contributed by atoms with Gasteiger partial charge in [-0.25, -0.2) is 0 Å². The number of allylic oxidation sites excluding steroid dienone is 1. The Labute approximate surface area is 175 Å². The lowest BCUT2D eigenvalue weighted by molar-refractivity contribution is 0.261. The van der Waals surface area contributed by atoms with Gasteiger partial charge >= 0.3 is 0 Å². The average molecular weight is 386 g/mol. The molecule has 0 bridgehead atoms. The van der Waals surface area contributed by atoms with Crippen LogP contribution in [0.4, 0.5) is 0 Å². The Bertz CT molecular complexity index is 923. The summed E-state index contributed by atoms with van der Waals surface area (Å²) in [4.78, 5) is 2.12. The molecular formula is C27H31NO. The molecule has 0 unspecified atom stereocenters. The summed E-state index contributed by atoms with van der Waals surface area (Å²) in [7, 11) is 4.11. The highest BCUT2D eigenvalue weighted by atomic mass is 16.5. The van der Waals surface area contributed by atoms with Gasteiger partial charge in [0.2, 0.25) is 0 Å². The van der Waals surface area contributed by atoms with Gasteiger partial charge in [-0.05, 0) is 67.4 Å². The van der Waals surface area contributed by atoms with Gasteiger partial charge in [-0.3, -0.25) is 0 Å². The van der Waals surface area contributed by atoms with Crippen LogP contribution in [-0.4, -0.2) is 32.1 Å². The second-order valence-electron chi connectivity index (χ2n) is 7.62. The second-order valence-corrected chi connectivity index (χ2v) is 7.62. The summed E-state index contributed by atoms with van der Waals surface area (Å²) in [6.45, 7) is 5.96. The molecule has 0 fully saturated rings. The molecule has 0 saturated heterocycles. The molecule has 0 aliphatic rings. The zero-order valence-corrected chi connectivity index (χ0v) is 18.0. The fraction of sp³-hybridized carbons (Fsp3) is 0.259. The molecule has 3 aromatic carbocycles. The number of aryl methyl sites for hydroxylation is 1. The van der Waals surface area contributed by atoms with Crippen molar-refractivity contribution < 1.29 is 4.74 Å². The molecule has 29 heavy (non-hydrogen) atoms. The molecule has 3 rings (SSSR count). The quantitative estimate of drug-likeness (QED) is 0.422. The Morgan fingerprint density at radius 1 is 0.759 bits per heavy atom. The van der Waals surface area contributed by atoms with Gasteiger partial charge < -0.3 is 9.64 Å². The molecule has 2 nitrogen and oxygen atoms in total. The topological polar surface area (TPSA) is 12.5 Å². The van der Waals surface area contributed by atoms with Gasteiger partial charge in [0.25, 0.3) is 0 Å². The fourth-order valence-electron chi connectivity index (χ4n) is 3.46. The Hall–Kier alpha value is -2.84. The number of ether oxygens (including phenoxy) is 1. The highest BCUT2D eigenvalue weighted by molar-refractivity contribution is 5.98. The van der Waals surface area contributed by atoms with Crippen LogP contribution in [0.3, 0.4) is 0 Å². The van der Waals surface area contributed by atoms with Crippen LogP contribution in [0.2, 0.25) is 0 Å². The molecule has 150 valence electrons. The lowest BCUT2D eigenvalue weighted by atomic mass is 9.88. The summed E-state index contributed by atoms with van der Waals surface area (Å²) in [5, 5.41) is 0. The van der Waals surface area contributed by atoms with Crippen LogP contribution in [0.25, 0.3) is 11.1 Å².